The van der Waals surface area contributed by atoms with Crippen molar-refractivity contribution in [2.45, 2.75) is 13.7 Å². The first kappa shape index (κ1) is 2.02. The summed E-state index contributed by atoms with van der Waals surface area (Å²) in [6.45, 7) is -18.2. The zero-order chi connectivity index (χ0) is 15.9. The molecule has 0 aromatic rings. The lowest BCUT2D eigenvalue weighted by molar-refractivity contribution is 0.212. The predicted octanol–water partition coefficient (Wildman–Crippen LogP) is 1.28. The number of hydrogen-bond acceptors (Lipinski definition) is 3. The Morgan fingerprint density at radius 2 is 2.11 bits per heavy atom. The minimum Gasteiger partial charge on any atom is -0.324 e. The molecule has 0 aromatic heterocycles. The summed E-state index contributed by atoms with van der Waals surface area (Å²) < 4.78 is 77.1. The van der Waals surface area contributed by atoms with Crippen LogP contribution in [0.1, 0.15) is 27.4 Å². The molecule has 0 radical (unpaired) electrons. The third-order valence-electron chi connectivity index (χ3n) is 0.322. The minimum atomic E-state index is -4.77. The summed E-state index contributed by atoms with van der Waals surface area (Å²) in [5, 5.41) is 0. The highest BCUT2D eigenvalue weighted by atomic mass is 32.5. The molecule has 0 atom stereocenters. The Kier molecular flexibility index (Phi) is 0.979. The topological polar surface area (TPSA) is 38.7 Å². The molecule has 0 aliphatic carbocycles. The Morgan fingerprint density at radius 1 is 1.67 bits per heavy atom. The van der Waals surface area contributed by atoms with Crippen molar-refractivity contribution in [2.24, 2.45) is 0 Å². The van der Waals surface area contributed by atoms with Crippen LogP contribution in [0.3, 0.4) is 0 Å². The van der Waals surface area contributed by atoms with Gasteiger partial charge in [0.2, 0.25) is 0 Å². The highest BCUT2D eigenvalue weighted by molar-refractivity contribution is 8.07. The molecule has 0 rings (SSSR count). The number of hydrogen-bond donors (Lipinski definition) is 1. The van der Waals surface area contributed by atoms with Gasteiger partial charge in [0.1, 0.15) is 0 Å². The van der Waals surface area contributed by atoms with Crippen LogP contribution in [0, 0.1) is 0 Å². The quantitative estimate of drug-likeness (QED) is 0.661. The molecule has 0 unspecified atom stereocenters. The average molecular weight is 180 g/mol. The molecule has 0 aromatic carbocycles. The van der Waals surface area contributed by atoms with Gasteiger partial charge in [-0.3, -0.25) is 0 Å². The highest BCUT2D eigenvalue weighted by Crippen LogP contribution is 2.42. The van der Waals surface area contributed by atoms with Crippen molar-refractivity contribution in [1.29, 1.82) is 0 Å². The van der Waals surface area contributed by atoms with Crippen LogP contribution in [0.2, 0.25) is 0 Å². The van der Waals surface area contributed by atoms with Crippen LogP contribution in [-0.2, 0) is 20.9 Å². The fourth-order valence-corrected chi connectivity index (χ4v) is 0.626. The molecular formula is C4H11O3PS. The summed E-state index contributed by atoms with van der Waals surface area (Å²) in [7, 11) is 0. The van der Waals surface area contributed by atoms with Gasteiger partial charge in [0.25, 0.3) is 0 Å². The Balaban J connectivity index is 5.10. The van der Waals surface area contributed by atoms with E-state index in [0.717, 1.165) is 0 Å². The summed E-state index contributed by atoms with van der Waals surface area (Å²) >= 11 is 4.22. The van der Waals surface area contributed by atoms with Crippen molar-refractivity contribution in [3.05, 3.63) is 0 Å². The molecule has 1 N–H and O–H groups in total. The van der Waals surface area contributed by atoms with Crippen molar-refractivity contribution < 1.29 is 27.6 Å². The maximum Gasteiger partial charge on any atom is 0.324 e. The SMILES string of the molecule is [2H]C([2H])([2H])C([2H])([2H])OP(O)(=S)OC([2H])([2H])C([2H])([2H])[2H]. The van der Waals surface area contributed by atoms with Gasteiger partial charge in [-0.1, -0.05) is 0 Å². The third kappa shape index (κ3) is 5.00. The van der Waals surface area contributed by atoms with Gasteiger partial charge in [-0.05, 0) is 25.5 Å². The largest absolute Gasteiger partial charge is 0.324 e. The lowest BCUT2D eigenvalue weighted by atomic mass is 10.9. The summed E-state index contributed by atoms with van der Waals surface area (Å²) in [5.41, 5.74) is 0. The Morgan fingerprint density at radius 3 is 2.44 bits per heavy atom. The van der Waals surface area contributed by atoms with E-state index in [2.05, 4.69) is 20.9 Å². The lowest BCUT2D eigenvalue weighted by Crippen LogP contribution is -1.92. The summed E-state index contributed by atoms with van der Waals surface area (Å²) in [4.78, 5) is 9.41. The average Bonchev–Trinajstić information content (AvgIpc) is 1.93. The van der Waals surface area contributed by atoms with Crippen LogP contribution >= 0.6 is 6.72 Å². The van der Waals surface area contributed by atoms with Gasteiger partial charge in [-0.2, -0.15) is 0 Å². The second kappa shape index (κ2) is 4.36. The maximum atomic E-state index is 9.41. The van der Waals surface area contributed by atoms with Gasteiger partial charge >= 0.3 is 6.72 Å². The molecule has 5 heteroatoms. The molecule has 9 heavy (non-hydrogen) atoms. The van der Waals surface area contributed by atoms with Crippen molar-refractivity contribution in [1.82, 2.24) is 0 Å². The van der Waals surface area contributed by atoms with Crippen molar-refractivity contribution >= 4 is 18.5 Å². The molecule has 0 aliphatic rings. The van der Waals surface area contributed by atoms with E-state index in [1.807, 2.05) is 0 Å². The first-order chi connectivity index (χ1) is 7.91. The fourth-order valence-electron chi connectivity index (χ4n) is 0.134. The fraction of sp³-hybridized carbons (Fsp3) is 1.00. The minimum absolute atomic E-state index is 3.32. The van der Waals surface area contributed by atoms with Crippen LogP contribution in [0.4, 0.5) is 0 Å². The van der Waals surface area contributed by atoms with E-state index in [9.17, 15) is 4.89 Å². The monoisotopic (exact) mass is 180 g/mol. The van der Waals surface area contributed by atoms with E-state index >= 15 is 0 Å². The Labute approximate surface area is 74.3 Å². The van der Waals surface area contributed by atoms with Crippen LogP contribution in [0.5, 0.6) is 0 Å². The van der Waals surface area contributed by atoms with Gasteiger partial charge in [0.05, 0.1) is 18.6 Å². The predicted molar refractivity (Wildman–Crippen MR) is 39.8 cm³/mol. The summed E-state index contributed by atoms with van der Waals surface area (Å²) in [6, 6.07) is 0. The van der Waals surface area contributed by atoms with Gasteiger partial charge in [0, 0.05) is 8.22 Å². The van der Waals surface area contributed by atoms with Gasteiger partial charge < -0.3 is 13.9 Å². The van der Waals surface area contributed by atoms with E-state index in [0.29, 0.717) is 0 Å². The molecule has 0 heterocycles. The van der Waals surface area contributed by atoms with Gasteiger partial charge in [0.15, 0.2) is 0 Å². The van der Waals surface area contributed by atoms with Crippen molar-refractivity contribution in [2.75, 3.05) is 13.1 Å². The normalized spacial score (nSPS) is 34.3. The molecule has 56 valence electrons. The van der Waals surface area contributed by atoms with E-state index in [-0.39, 0.29) is 0 Å². The third-order valence-corrected chi connectivity index (χ3v) is 1.41. The molecule has 0 saturated heterocycles. The van der Waals surface area contributed by atoms with Gasteiger partial charge in [-0.15, -0.1) is 0 Å². The Hall–Kier alpha value is 0.530. The molecular weight excluding hydrogens is 159 g/mol. The lowest BCUT2D eigenvalue weighted by Gasteiger charge is -2.12. The standard InChI is InChI=1S/C4H11O3PS/c1-3-6-8(5,9)7-4-2/h3-4H2,1-2H3,(H,5,9)/i1D3,2D3,3D2,4D2. The maximum absolute atomic E-state index is 9.41. The second-order valence-electron chi connectivity index (χ2n) is 0.855. The zero-order valence-electron chi connectivity index (χ0n) is 14.1. The summed E-state index contributed by atoms with van der Waals surface area (Å²) in [5.74, 6) is 0. The van der Waals surface area contributed by atoms with Crippen LogP contribution in [-0.4, -0.2) is 18.0 Å². The van der Waals surface area contributed by atoms with Crippen molar-refractivity contribution in [3.63, 3.8) is 0 Å². The van der Waals surface area contributed by atoms with Crippen LogP contribution in [0.15, 0.2) is 0 Å². The van der Waals surface area contributed by atoms with E-state index in [1.165, 1.54) is 0 Å². The van der Waals surface area contributed by atoms with Crippen LogP contribution < -0.4 is 0 Å². The Bertz CT molecular complexity index is 342. The molecule has 0 spiro atoms. The molecule has 0 saturated carbocycles. The van der Waals surface area contributed by atoms with E-state index in [1.54, 1.807) is 0 Å². The summed E-state index contributed by atoms with van der Waals surface area (Å²) in [6.07, 6.45) is 0. The van der Waals surface area contributed by atoms with E-state index < -0.39 is 33.5 Å². The molecule has 0 amide bonds. The first-order valence-corrected chi connectivity index (χ1v) is 4.25. The highest BCUT2D eigenvalue weighted by Gasteiger charge is 2.10. The molecule has 0 fully saturated rings. The molecule has 0 bridgehead atoms. The van der Waals surface area contributed by atoms with Crippen LogP contribution in [0.25, 0.3) is 0 Å². The second-order valence-corrected chi connectivity index (χ2v) is 3.54. The molecule has 3 nitrogen and oxygen atoms in total. The molecule has 0 aliphatic heterocycles. The number of rotatable bonds is 4. The van der Waals surface area contributed by atoms with Crippen molar-refractivity contribution in [3.8, 4) is 0 Å². The van der Waals surface area contributed by atoms with E-state index in [4.69, 9.17) is 13.7 Å². The first-order valence-electron chi connectivity index (χ1n) is 6.66. The smallest absolute Gasteiger partial charge is 0.324 e. The zero-order valence-corrected chi connectivity index (χ0v) is 5.83. The van der Waals surface area contributed by atoms with Gasteiger partial charge in [-0.25, -0.2) is 0 Å².